The van der Waals surface area contributed by atoms with Gasteiger partial charge in [-0.15, -0.1) is 0 Å². The third kappa shape index (κ3) is 4.44. The number of hydrogen-bond donors (Lipinski definition) is 2. The maximum absolute atomic E-state index is 11.8. The molecule has 1 saturated heterocycles. The number of oxime groups is 1. The highest BCUT2D eigenvalue weighted by Gasteiger charge is 2.15. The van der Waals surface area contributed by atoms with Gasteiger partial charge in [0, 0.05) is 12.0 Å². The van der Waals surface area contributed by atoms with Crippen molar-refractivity contribution in [2.45, 2.75) is 19.1 Å². The molecule has 0 atom stereocenters. The van der Waals surface area contributed by atoms with Crippen LogP contribution in [-0.4, -0.2) is 43.1 Å². The van der Waals surface area contributed by atoms with Crippen molar-refractivity contribution >= 4 is 11.8 Å². The van der Waals surface area contributed by atoms with Crippen molar-refractivity contribution in [2.24, 2.45) is 10.9 Å². The van der Waals surface area contributed by atoms with E-state index in [1.165, 1.54) is 0 Å². The zero-order chi connectivity index (χ0) is 15.1. The Kier molecular flexibility index (Phi) is 5.53. The van der Waals surface area contributed by atoms with Crippen molar-refractivity contribution in [1.82, 2.24) is 0 Å². The molecule has 0 spiro atoms. The van der Waals surface area contributed by atoms with Crippen LogP contribution in [0.1, 0.15) is 28.8 Å². The topological polar surface area (TPSA) is 103 Å². The van der Waals surface area contributed by atoms with Gasteiger partial charge in [-0.2, -0.15) is 0 Å². The molecular weight excluding hydrogens is 276 g/mol. The highest BCUT2D eigenvalue weighted by atomic mass is 16.7. The summed E-state index contributed by atoms with van der Waals surface area (Å²) in [7, 11) is 0. The number of carbonyl (C=O) groups excluding carboxylic acids is 1. The Morgan fingerprint density at radius 3 is 2.52 bits per heavy atom. The molecule has 3 N–H and O–H groups in total. The number of carbonyl (C=O) groups is 1. The molecule has 0 aliphatic carbocycles. The maximum atomic E-state index is 11.8. The summed E-state index contributed by atoms with van der Waals surface area (Å²) < 4.78 is 15.7. The number of nitrogens with zero attached hydrogens (tertiary/aromatic N) is 1. The van der Waals surface area contributed by atoms with Gasteiger partial charge < -0.3 is 25.2 Å². The van der Waals surface area contributed by atoms with E-state index in [4.69, 9.17) is 25.2 Å². The van der Waals surface area contributed by atoms with Crippen molar-refractivity contribution in [3.8, 4) is 0 Å². The van der Waals surface area contributed by atoms with Gasteiger partial charge in [0.25, 0.3) is 0 Å². The summed E-state index contributed by atoms with van der Waals surface area (Å²) in [5.74, 6) is -0.416. The fourth-order valence-corrected chi connectivity index (χ4v) is 1.91. The molecule has 0 radical (unpaired) electrons. The largest absolute Gasteiger partial charge is 0.462 e. The van der Waals surface area contributed by atoms with Gasteiger partial charge in [0.1, 0.15) is 0 Å². The molecule has 1 fully saturated rings. The maximum Gasteiger partial charge on any atom is 0.338 e. The van der Waals surface area contributed by atoms with Crippen LogP contribution in [-0.2, 0) is 14.2 Å². The molecule has 1 aromatic rings. The van der Waals surface area contributed by atoms with Crippen molar-refractivity contribution in [3.05, 3.63) is 35.4 Å². The molecule has 0 saturated carbocycles. The molecule has 114 valence electrons. The van der Waals surface area contributed by atoms with E-state index in [9.17, 15) is 4.79 Å². The van der Waals surface area contributed by atoms with Gasteiger partial charge in [0.05, 0.1) is 25.4 Å². The minimum absolute atomic E-state index is 0.00789. The van der Waals surface area contributed by atoms with Crippen molar-refractivity contribution < 1.29 is 24.2 Å². The molecule has 7 nitrogen and oxygen atoms in total. The van der Waals surface area contributed by atoms with Crippen LogP contribution in [0.2, 0.25) is 0 Å². The highest BCUT2D eigenvalue weighted by molar-refractivity contribution is 5.98. The van der Waals surface area contributed by atoms with Crippen molar-refractivity contribution in [1.29, 1.82) is 0 Å². The van der Waals surface area contributed by atoms with Gasteiger partial charge in [0.2, 0.25) is 0 Å². The van der Waals surface area contributed by atoms with Crippen LogP contribution in [0, 0.1) is 0 Å². The van der Waals surface area contributed by atoms with Crippen LogP contribution >= 0.6 is 0 Å². The minimum atomic E-state index is -0.408. The molecule has 1 aliphatic rings. The van der Waals surface area contributed by atoms with Gasteiger partial charge in [-0.3, -0.25) is 0 Å². The Balaban J connectivity index is 1.74. The number of rotatable bonds is 6. The first kappa shape index (κ1) is 15.3. The zero-order valence-corrected chi connectivity index (χ0v) is 11.5. The summed E-state index contributed by atoms with van der Waals surface area (Å²) in [6, 6.07) is 6.31. The Labute approximate surface area is 122 Å². The molecule has 0 aromatic heterocycles. The van der Waals surface area contributed by atoms with E-state index in [1.807, 2.05) is 0 Å². The van der Waals surface area contributed by atoms with Crippen LogP contribution in [0.5, 0.6) is 0 Å². The minimum Gasteiger partial charge on any atom is -0.462 e. The number of hydrogen-bond acceptors (Lipinski definition) is 6. The Morgan fingerprint density at radius 2 is 1.90 bits per heavy atom. The molecule has 0 amide bonds. The quantitative estimate of drug-likeness (QED) is 0.203. The predicted octanol–water partition coefficient (Wildman–Crippen LogP) is 1.09. The first-order valence-corrected chi connectivity index (χ1v) is 6.69. The van der Waals surface area contributed by atoms with Crippen LogP contribution in [0.25, 0.3) is 0 Å². The smallest absolute Gasteiger partial charge is 0.338 e. The molecular formula is C14H18N2O5. The van der Waals surface area contributed by atoms with Gasteiger partial charge in [-0.05, 0) is 18.6 Å². The summed E-state index contributed by atoms with van der Waals surface area (Å²) in [6.07, 6.45) is 1.21. The van der Waals surface area contributed by atoms with E-state index >= 15 is 0 Å². The SMILES string of the molecule is N/C(=N\O)c1ccc(C(=O)OCCCC2OCCO2)cc1. The second-order valence-electron chi connectivity index (χ2n) is 4.51. The third-order valence-electron chi connectivity index (χ3n) is 3.03. The molecule has 1 aliphatic heterocycles. The van der Waals surface area contributed by atoms with Gasteiger partial charge in [-0.25, -0.2) is 4.79 Å². The summed E-state index contributed by atoms with van der Waals surface area (Å²) in [6.45, 7) is 1.55. The third-order valence-corrected chi connectivity index (χ3v) is 3.03. The monoisotopic (exact) mass is 294 g/mol. The second-order valence-corrected chi connectivity index (χ2v) is 4.51. The normalized spacial score (nSPS) is 16.1. The summed E-state index contributed by atoms with van der Waals surface area (Å²) in [5, 5.41) is 11.4. The lowest BCUT2D eigenvalue weighted by Gasteiger charge is -2.09. The van der Waals surface area contributed by atoms with Gasteiger partial charge >= 0.3 is 5.97 Å². The van der Waals surface area contributed by atoms with Crippen LogP contribution < -0.4 is 5.73 Å². The average molecular weight is 294 g/mol. The number of amidine groups is 1. The first-order valence-electron chi connectivity index (χ1n) is 6.69. The molecule has 1 aromatic carbocycles. The number of benzene rings is 1. The van der Waals surface area contributed by atoms with Crippen molar-refractivity contribution in [3.63, 3.8) is 0 Å². The second kappa shape index (κ2) is 7.61. The Morgan fingerprint density at radius 1 is 1.29 bits per heavy atom. The molecule has 21 heavy (non-hydrogen) atoms. The first-order chi connectivity index (χ1) is 10.2. The molecule has 0 bridgehead atoms. The summed E-state index contributed by atoms with van der Waals surface area (Å²) >= 11 is 0. The highest BCUT2D eigenvalue weighted by Crippen LogP contribution is 2.11. The van der Waals surface area contributed by atoms with E-state index < -0.39 is 5.97 Å². The molecule has 1 heterocycles. The van der Waals surface area contributed by atoms with Gasteiger partial charge in [0.15, 0.2) is 12.1 Å². The zero-order valence-electron chi connectivity index (χ0n) is 11.5. The molecule has 2 rings (SSSR count). The average Bonchev–Trinajstić information content (AvgIpc) is 3.04. The lowest BCUT2D eigenvalue weighted by atomic mass is 10.1. The van der Waals surface area contributed by atoms with E-state index in [1.54, 1.807) is 24.3 Å². The predicted molar refractivity (Wildman–Crippen MR) is 74.2 cm³/mol. The van der Waals surface area contributed by atoms with Crippen LogP contribution in [0.3, 0.4) is 0 Å². The van der Waals surface area contributed by atoms with Crippen LogP contribution in [0.4, 0.5) is 0 Å². The number of nitrogens with two attached hydrogens (primary N) is 1. The fraction of sp³-hybridized carbons (Fsp3) is 0.429. The fourth-order valence-electron chi connectivity index (χ4n) is 1.91. The standard InChI is InChI=1S/C14H18N2O5/c15-13(16-18)10-3-5-11(6-4-10)14(17)21-7-1-2-12-19-8-9-20-12/h3-6,12,18H,1-2,7-9H2,(H2,15,16). The van der Waals surface area contributed by atoms with E-state index in [0.29, 0.717) is 43.8 Å². The molecule has 0 unspecified atom stereocenters. The van der Waals surface area contributed by atoms with E-state index in [2.05, 4.69) is 5.16 Å². The van der Waals surface area contributed by atoms with Crippen LogP contribution in [0.15, 0.2) is 29.4 Å². The Hall–Kier alpha value is -2.12. The molecule has 7 heteroatoms. The lowest BCUT2D eigenvalue weighted by molar-refractivity contribution is -0.0505. The number of esters is 1. The summed E-state index contributed by atoms with van der Waals surface area (Å²) in [4.78, 5) is 11.8. The number of ether oxygens (including phenoxy) is 3. The van der Waals surface area contributed by atoms with Crippen molar-refractivity contribution in [2.75, 3.05) is 19.8 Å². The summed E-state index contributed by atoms with van der Waals surface area (Å²) in [5.41, 5.74) is 6.39. The van der Waals surface area contributed by atoms with Gasteiger partial charge in [-0.1, -0.05) is 17.3 Å². The lowest BCUT2D eigenvalue weighted by Crippen LogP contribution is -2.14. The Bertz CT molecular complexity index is 495. The van der Waals surface area contributed by atoms with E-state index in [0.717, 1.165) is 0 Å². The van der Waals surface area contributed by atoms with E-state index in [-0.39, 0.29) is 12.1 Å².